The zero-order valence-corrected chi connectivity index (χ0v) is 8.45. The summed E-state index contributed by atoms with van der Waals surface area (Å²) in [6.07, 6.45) is -0.346. The molecule has 1 amide bonds. The highest BCUT2D eigenvalue weighted by Crippen LogP contribution is 2.18. The number of nitrogens with one attached hydrogen (secondary N) is 1. The quantitative estimate of drug-likeness (QED) is 0.613. The van der Waals surface area contributed by atoms with Crippen molar-refractivity contribution in [2.75, 3.05) is 0 Å². The fourth-order valence-corrected chi connectivity index (χ4v) is 1.62. The first-order chi connectivity index (χ1) is 7.16. The largest absolute Gasteiger partial charge is 0.415 e. The summed E-state index contributed by atoms with van der Waals surface area (Å²) in [5.74, 6) is -0.556. The van der Waals surface area contributed by atoms with Crippen molar-refractivity contribution in [2.45, 2.75) is 12.5 Å². The van der Waals surface area contributed by atoms with E-state index < -0.39 is 18.1 Å². The molecular formula is C10H8ClNO3. The number of alkyl carbamates (subject to hydrolysis) is 1. The highest BCUT2D eigenvalue weighted by Gasteiger charge is 2.32. The third kappa shape index (κ3) is 2.10. The third-order valence-corrected chi connectivity index (χ3v) is 2.52. The van der Waals surface area contributed by atoms with Gasteiger partial charge in [0.25, 0.3) is 0 Å². The molecule has 0 bridgehead atoms. The van der Waals surface area contributed by atoms with Gasteiger partial charge in [0.2, 0.25) is 0 Å². The van der Waals surface area contributed by atoms with Crippen LogP contribution in [0.4, 0.5) is 4.79 Å². The maximum Gasteiger partial charge on any atom is 0.415 e. The van der Waals surface area contributed by atoms with E-state index in [4.69, 9.17) is 11.6 Å². The van der Waals surface area contributed by atoms with Crippen LogP contribution in [0.25, 0.3) is 0 Å². The van der Waals surface area contributed by atoms with Crippen molar-refractivity contribution in [3.8, 4) is 0 Å². The molecule has 1 heterocycles. The third-order valence-electron chi connectivity index (χ3n) is 2.15. The van der Waals surface area contributed by atoms with Gasteiger partial charge in [-0.05, 0) is 11.6 Å². The Labute approximate surface area is 91.2 Å². The minimum atomic E-state index is -0.697. The number of hydrogen-bond donors (Lipinski definition) is 1. The molecule has 5 heteroatoms. The molecule has 0 spiro atoms. The molecule has 2 rings (SSSR count). The number of benzene rings is 1. The lowest BCUT2D eigenvalue weighted by Crippen LogP contribution is -2.30. The van der Waals surface area contributed by atoms with Crippen molar-refractivity contribution in [3.63, 3.8) is 0 Å². The first-order valence-electron chi connectivity index (χ1n) is 4.42. The Hall–Kier alpha value is -1.55. The molecule has 15 heavy (non-hydrogen) atoms. The number of carbonyl (C=O) groups excluding carboxylic acids is 2. The molecule has 1 aromatic carbocycles. The van der Waals surface area contributed by atoms with Gasteiger partial charge in [0, 0.05) is 11.4 Å². The molecule has 1 aromatic rings. The van der Waals surface area contributed by atoms with Crippen molar-refractivity contribution in [3.05, 3.63) is 34.9 Å². The summed E-state index contributed by atoms with van der Waals surface area (Å²) < 4.78 is 4.35. The SMILES string of the molecule is O=C1NC(Cc2ccccc2Cl)C(=O)O1. The van der Waals surface area contributed by atoms with Crippen LogP contribution in [0.3, 0.4) is 0 Å². The maximum absolute atomic E-state index is 11.2. The summed E-state index contributed by atoms with van der Waals surface area (Å²) in [4.78, 5) is 21.9. The zero-order chi connectivity index (χ0) is 10.8. The van der Waals surface area contributed by atoms with Gasteiger partial charge in [-0.1, -0.05) is 29.8 Å². The normalized spacial score (nSPS) is 19.9. The van der Waals surface area contributed by atoms with E-state index in [1.165, 1.54) is 0 Å². The molecule has 1 aliphatic heterocycles. The van der Waals surface area contributed by atoms with Crippen LogP contribution >= 0.6 is 11.6 Å². The molecule has 1 fully saturated rings. The molecule has 1 N–H and O–H groups in total. The van der Waals surface area contributed by atoms with Crippen LogP contribution in [-0.2, 0) is 16.0 Å². The topological polar surface area (TPSA) is 55.4 Å². The van der Waals surface area contributed by atoms with E-state index in [2.05, 4.69) is 10.1 Å². The molecule has 1 unspecified atom stereocenters. The Balaban J connectivity index is 2.13. The van der Waals surface area contributed by atoms with Crippen molar-refractivity contribution >= 4 is 23.7 Å². The number of ether oxygens (including phenoxy) is 1. The monoisotopic (exact) mass is 225 g/mol. The van der Waals surface area contributed by atoms with E-state index in [9.17, 15) is 9.59 Å². The van der Waals surface area contributed by atoms with Crippen molar-refractivity contribution < 1.29 is 14.3 Å². The maximum atomic E-state index is 11.2. The average Bonchev–Trinajstić information content (AvgIpc) is 2.49. The fourth-order valence-electron chi connectivity index (χ4n) is 1.41. The van der Waals surface area contributed by atoms with Gasteiger partial charge in [0.05, 0.1) is 0 Å². The van der Waals surface area contributed by atoms with Gasteiger partial charge >= 0.3 is 12.1 Å². The van der Waals surface area contributed by atoms with Crippen molar-refractivity contribution in [1.29, 1.82) is 0 Å². The lowest BCUT2D eigenvalue weighted by molar-refractivity contribution is -0.135. The molecule has 1 aliphatic rings. The van der Waals surface area contributed by atoms with Crippen LogP contribution in [-0.4, -0.2) is 18.1 Å². The van der Waals surface area contributed by atoms with Crippen molar-refractivity contribution in [2.24, 2.45) is 0 Å². The fraction of sp³-hybridized carbons (Fsp3) is 0.200. The van der Waals surface area contributed by atoms with Crippen LogP contribution in [0.5, 0.6) is 0 Å². The number of esters is 1. The Morgan fingerprint density at radius 1 is 1.33 bits per heavy atom. The summed E-state index contributed by atoms with van der Waals surface area (Å²) >= 11 is 5.92. The summed E-state index contributed by atoms with van der Waals surface area (Å²) in [6, 6.07) is 6.54. The Morgan fingerprint density at radius 2 is 2.07 bits per heavy atom. The van der Waals surface area contributed by atoms with Crippen LogP contribution < -0.4 is 5.32 Å². The highest BCUT2D eigenvalue weighted by atomic mass is 35.5. The summed E-state index contributed by atoms with van der Waals surface area (Å²) in [5.41, 5.74) is 0.809. The van der Waals surface area contributed by atoms with Gasteiger partial charge in [-0.25, -0.2) is 9.59 Å². The molecule has 78 valence electrons. The molecule has 4 nitrogen and oxygen atoms in total. The van der Waals surface area contributed by atoms with Crippen LogP contribution in [0, 0.1) is 0 Å². The van der Waals surface area contributed by atoms with E-state index in [0.29, 0.717) is 11.4 Å². The standard InChI is InChI=1S/C10H8ClNO3/c11-7-4-2-1-3-6(7)5-8-9(13)15-10(14)12-8/h1-4,8H,5H2,(H,12,14). The van der Waals surface area contributed by atoms with E-state index >= 15 is 0 Å². The van der Waals surface area contributed by atoms with E-state index in [1.54, 1.807) is 18.2 Å². The van der Waals surface area contributed by atoms with Gasteiger partial charge in [0.15, 0.2) is 0 Å². The first-order valence-corrected chi connectivity index (χ1v) is 4.80. The molecule has 1 atom stereocenters. The second kappa shape index (κ2) is 3.90. The second-order valence-corrected chi connectivity index (χ2v) is 3.61. The molecule has 0 saturated carbocycles. The number of hydrogen-bond acceptors (Lipinski definition) is 3. The smallest absolute Gasteiger partial charge is 0.375 e. The van der Waals surface area contributed by atoms with Crippen LogP contribution in [0.1, 0.15) is 5.56 Å². The second-order valence-electron chi connectivity index (χ2n) is 3.20. The number of carbonyl (C=O) groups is 2. The van der Waals surface area contributed by atoms with Gasteiger partial charge < -0.3 is 10.1 Å². The number of cyclic esters (lactones) is 2. The average molecular weight is 226 g/mol. The first kappa shape index (κ1) is 9.98. The minimum absolute atomic E-state index is 0.351. The number of halogens is 1. The molecule has 0 radical (unpaired) electrons. The van der Waals surface area contributed by atoms with Gasteiger partial charge in [-0.3, -0.25) is 0 Å². The van der Waals surface area contributed by atoms with Crippen LogP contribution in [0.15, 0.2) is 24.3 Å². The Morgan fingerprint density at radius 3 is 2.67 bits per heavy atom. The molecular weight excluding hydrogens is 218 g/mol. The summed E-state index contributed by atoms with van der Waals surface area (Å²) in [6.45, 7) is 0. The number of amides is 1. The molecule has 0 aromatic heterocycles. The lowest BCUT2D eigenvalue weighted by atomic mass is 10.1. The van der Waals surface area contributed by atoms with E-state index in [1.807, 2.05) is 6.07 Å². The minimum Gasteiger partial charge on any atom is -0.375 e. The zero-order valence-electron chi connectivity index (χ0n) is 7.70. The van der Waals surface area contributed by atoms with Crippen molar-refractivity contribution in [1.82, 2.24) is 5.32 Å². The van der Waals surface area contributed by atoms with Gasteiger partial charge in [-0.2, -0.15) is 0 Å². The summed E-state index contributed by atoms with van der Waals surface area (Å²) in [5, 5.41) is 2.99. The van der Waals surface area contributed by atoms with E-state index in [-0.39, 0.29) is 0 Å². The predicted octanol–water partition coefficient (Wildman–Crippen LogP) is 1.52. The van der Waals surface area contributed by atoms with E-state index in [0.717, 1.165) is 5.56 Å². The van der Waals surface area contributed by atoms with Gasteiger partial charge in [-0.15, -0.1) is 0 Å². The molecule has 0 aliphatic carbocycles. The Kier molecular flexibility index (Phi) is 2.60. The lowest BCUT2D eigenvalue weighted by Gasteiger charge is -2.06. The summed E-state index contributed by atoms with van der Waals surface area (Å²) in [7, 11) is 0. The molecule has 1 saturated heterocycles. The van der Waals surface area contributed by atoms with Gasteiger partial charge in [0.1, 0.15) is 6.04 Å². The van der Waals surface area contributed by atoms with Crippen LogP contribution in [0.2, 0.25) is 5.02 Å². The number of rotatable bonds is 2. The predicted molar refractivity (Wildman–Crippen MR) is 53.6 cm³/mol. The Bertz CT molecular complexity index is 419. The highest BCUT2D eigenvalue weighted by molar-refractivity contribution is 6.31.